The number of hydrogen-bond acceptors (Lipinski definition) is 2. The Kier molecular flexibility index (Phi) is 3.93. The van der Waals surface area contributed by atoms with Gasteiger partial charge in [0.15, 0.2) is 0 Å². The Morgan fingerprint density at radius 3 is 2.00 bits per heavy atom. The SMILES string of the molecule is O=C(c1ccccc1)C1(C#Cc2ccccc2)OC1c1ccccc1. The molecule has 3 aromatic carbocycles. The molecule has 4 rings (SSSR count). The molecule has 1 saturated heterocycles. The summed E-state index contributed by atoms with van der Waals surface area (Å²) in [5.41, 5.74) is 1.33. The van der Waals surface area contributed by atoms with Crippen LogP contribution in [0, 0.1) is 11.8 Å². The minimum absolute atomic E-state index is 0.0922. The van der Waals surface area contributed by atoms with Gasteiger partial charge in [-0.2, -0.15) is 0 Å². The predicted molar refractivity (Wildman–Crippen MR) is 97.1 cm³/mol. The van der Waals surface area contributed by atoms with Gasteiger partial charge in [0.1, 0.15) is 6.10 Å². The van der Waals surface area contributed by atoms with Crippen molar-refractivity contribution >= 4 is 5.78 Å². The largest absolute Gasteiger partial charge is 0.339 e. The number of benzene rings is 3. The molecule has 0 aliphatic carbocycles. The Bertz CT molecular complexity index is 937. The van der Waals surface area contributed by atoms with Crippen LogP contribution in [0.25, 0.3) is 0 Å². The fourth-order valence-corrected chi connectivity index (χ4v) is 2.90. The molecular formula is C23H16O2. The smallest absolute Gasteiger partial charge is 0.223 e. The Balaban J connectivity index is 1.73. The van der Waals surface area contributed by atoms with Crippen LogP contribution in [0.4, 0.5) is 0 Å². The minimum Gasteiger partial charge on any atom is -0.339 e. The maximum Gasteiger partial charge on any atom is 0.223 e. The van der Waals surface area contributed by atoms with Gasteiger partial charge in [0.05, 0.1) is 0 Å². The average Bonchev–Trinajstić information content (AvgIpc) is 3.44. The summed E-state index contributed by atoms with van der Waals surface area (Å²) in [4.78, 5) is 13.1. The van der Waals surface area contributed by atoms with E-state index < -0.39 is 5.60 Å². The van der Waals surface area contributed by atoms with Crippen LogP contribution in [0.15, 0.2) is 91.0 Å². The Hall–Kier alpha value is -3.15. The molecule has 120 valence electrons. The highest BCUT2D eigenvalue weighted by Crippen LogP contribution is 2.51. The maximum atomic E-state index is 13.1. The second-order valence-electron chi connectivity index (χ2n) is 5.96. The highest BCUT2D eigenvalue weighted by molar-refractivity contribution is 6.07. The summed E-state index contributed by atoms with van der Waals surface area (Å²) in [5.74, 6) is 6.12. The summed E-state index contributed by atoms with van der Waals surface area (Å²) in [6.07, 6.45) is -0.336. The number of Topliss-reactive ketones (excluding diaryl/α,β-unsaturated/α-hetero) is 1. The molecule has 1 heterocycles. The summed E-state index contributed by atoms with van der Waals surface area (Å²) in [5, 5.41) is 0. The van der Waals surface area contributed by atoms with E-state index in [2.05, 4.69) is 11.8 Å². The monoisotopic (exact) mass is 324 g/mol. The summed E-state index contributed by atoms with van der Waals surface area (Å²) >= 11 is 0. The predicted octanol–water partition coefficient (Wildman–Crippen LogP) is 4.43. The molecule has 3 aromatic rings. The normalized spacial score (nSPS) is 21.0. The molecule has 1 aliphatic rings. The first-order chi connectivity index (χ1) is 12.3. The first-order valence-corrected chi connectivity index (χ1v) is 8.20. The molecule has 2 unspecified atom stereocenters. The topological polar surface area (TPSA) is 29.6 Å². The van der Waals surface area contributed by atoms with E-state index in [1.807, 2.05) is 78.9 Å². The van der Waals surface area contributed by atoms with E-state index in [1.54, 1.807) is 12.1 Å². The van der Waals surface area contributed by atoms with Gasteiger partial charge in [0.2, 0.25) is 11.4 Å². The summed E-state index contributed by atoms with van der Waals surface area (Å²) in [7, 11) is 0. The number of ether oxygens (including phenoxy) is 1. The fraction of sp³-hybridized carbons (Fsp3) is 0.0870. The molecule has 0 aromatic heterocycles. The Morgan fingerprint density at radius 1 is 0.800 bits per heavy atom. The molecule has 0 amide bonds. The molecule has 2 heteroatoms. The van der Waals surface area contributed by atoms with Crippen LogP contribution in [0.3, 0.4) is 0 Å². The van der Waals surface area contributed by atoms with Crippen molar-refractivity contribution in [1.82, 2.24) is 0 Å². The molecule has 0 saturated carbocycles. The average molecular weight is 324 g/mol. The minimum atomic E-state index is -1.11. The zero-order valence-corrected chi connectivity index (χ0v) is 13.6. The van der Waals surface area contributed by atoms with E-state index in [0.29, 0.717) is 5.56 Å². The maximum absolute atomic E-state index is 13.1. The van der Waals surface area contributed by atoms with Gasteiger partial charge in [-0.25, -0.2) is 0 Å². The second kappa shape index (κ2) is 6.39. The van der Waals surface area contributed by atoms with Crippen LogP contribution in [0.2, 0.25) is 0 Å². The highest BCUT2D eigenvalue weighted by Gasteiger charge is 2.62. The van der Waals surface area contributed by atoms with Crippen molar-refractivity contribution in [3.8, 4) is 11.8 Å². The zero-order chi connectivity index (χ0) is 17.1. The van der Waals surface area contributed by atoms with Crippen molar-refractivity contribution < 1.29 is 9.53 Å². The van der Waals surface area contributed by atoms with Crippen molar-refractivity contribution in [2.75, 3.05) is 0 Å². The Labute approximate surface area is 147 Å². The van der Waals surface area contributed by atoms with Crippen molar-refractivity contribution in [3.63, 3.8) is 0 Å². The fourth-order valence-electron chi connectivity index (χ4n) is 2.90. The van der Waals surface area contributed by atoms with Gasteiger partial charge in [0, 0.05) is 11.1 Å². The summed E-state index contributed by atoms with van der Waals surface area (Å²) in [6, 6.07) is 28.6. The van der Waals surface area contributed by atoms with Gasteiger partial charge >= 0.3 is 0 Å². The first kappa shape index (κ1) is 15.4. The number of ketones is 1. The van der Waals surface area contributed by atoms with Crippen molar-refractivity contribution in [3.05, 3.63) is 108 Å². The third-order valence-corrected chi connectivity index (χ3v) is 4.26. The Morgan fingerprint density at radius 2 is 1.36 bits per heavy atom. The van der Waals surface area contributed by atoms with Gasteiger partial charge in [0.25, 0.3) is 0 Å². The second-order valence-corrected chi connectivity index (χ2v) is 5.96. The van der Waals surface area contributed by atoms with Crippen LogP contribution < -0.4 is 0 Å². The van der Waals surface area contributed by atoms with Gasteiger partial charge < -0.3 is 4.74 Å². The number of carbonyl (C=O) groups is 1. The molecule has 1 fully saturated rings. The van der Waals surface area contributed by atoms with E-state index in [-0.39, 0.29) is 11.9 Å². The van der Waals surface area contributed by atoms with Crippen LogP contribution in [0.5, 0.6) is 0 Å². The van der Waals surface area contributed by atoms with Crippen LogP contribution in [-0.4, -0.2) is 11.4 Å². The molecule has 25 heavy (non-hydrogen) atoms. The lowest BCUT2D eigenvalue weighted by Gasteiger charge is -2.05. The molecule has 2 nitrogen and oxygen atoms in total. The molecule has 0 N–H and O–H groups in total. The molecule has 0 radical (unpaired) electrons. The number of hydrogen-bond donors (Lipinski definition) is 0. The van der Waals surface area contributed by atoms with Gasteiger partial charge in [-0.1, -0.05) is 90.7 Å². The lowest BCUT2D eigenvalue weighted by molar-refractivity contribution is 0.0916. The third kappa shape index (κ3) is 2.98. The van der Waals surface area contributed by atoms with E-state index in [0.717, 1.165) is 11.1 Å². The van der Waals surface area contributed by atoms with Crippen LogP contribution in [-0.2, 0) is 4.74 Å². The number of rotatable bonds is 3. The van der Waals surface area contributed by atoms with E-state index in [4.69, 9.17) is 4.74 Å². The lowest BCUT2D eigenvalue weighted by atomic mass is 9.91. The first-order valence-electron chi connectivity index (χ1n) is 8.20. The number of epoxide rings is 1. The van der Waals surface area contributed by atoms with Gasteiger partial charge in [-0.3, -0.25) is 4.79 Å². The molecule has 0 bridgehead atoms. The standard InChI is InChI=1S/C23H16O2/c24-21(19-12-6-2-7-13-19)23(17-16-18-10-4-1-5-11-18)22(25-23)20-14-8-3-9-15-20/h1-15,22H. The van der Waals surface area contributed by atoms with E-state index in [9.17, 15) is 4.79 Å². The van der Waals surface area contributed by atoms with E-state index in [1.165, 1.54) is 0 Å². The van der Waals surface area contributed by atoms with Crippen molar-refractivity contribution in [2.24, 2.45) is 0 Å². The van der Waals surface area contributed by atoms with Crippen LogP contribution >= 0.6 is 0 Å². The van der Waals surface area contributed by atoms with Gasteiger partial charge in [-0.05, 0) is 17.7 Å². The zero-order valence-electron chi connectivity index (χ0n) is 13.6. The highest BCUT2D eigenvalue weighted by atomic mass is 16.6. The quantitative estimate of drug-likeness (QED) is 0.405. The summed E-state index contributed by atoms with van der Waals surface area (Å²) in [6.45, 7) is 0. The molecule has 1 aliphatic heterocycles. The summed E-state index contributed by atoms with van der Waals surface area (Å²) < 4.78 is 5.91. The van der Waals surface area contributed by atoms with Crippen LogP contribution in [0.1, 0.15) is 27.6 Å². The van der Waals surface area contributed by atoms with Crippen molar-refractivity contribution in [2.45, 2.75) is 11.7 Å². The lowest BCUT2D eigenvalue weighted by Crippen LogP contribution is -2.24. The molecule has 0 spiro atoms. The third-order valence-electron chi connectivity index (χ3n) is 4.26. The number of carbonyl (C=O) groups excluding carboxylic acids is 1. The molecule has 2 atom stereocenters. The van der Waals surface area contributed by atoms with Crippen molar-refractivity contribution in [1.29, 1.82) is 0 Å². The van der Waals surface area contributed by atoms with Gasteiger partial charge in [-0.15, -0.1) is 0 Å². The molecular weight excluding hydrogens is 308 g/mol. The van der Waals surface area contributed by atoms with E-state index >= 15 is 0 Å².